The second kappa shape index (κ2) is 7.52. The maximum atomic E-state index is 6.14. The van der Waals surface area contributed by atoms with E-state index in [4.69, 9.17) is 13.3 Å². The van der Waals surface area contributed by atoms with Crippen LogP contribution in [0.5, 0.6) is 17.2 Å². The molecule has 4 heteroatoms. The van der Waals surface area contributed by atoms with E-state index < -0.39 is 8.80 Å². The van der Waals surface area contributed by atoms with E-state index in [2.05, 4.69) is 6.58 Å². The Labute approximate surface area is 143 Å². The van der Waals surface area contributed by atoms with E-state index in [0.717, 1.165) is 0 Å². The van der Waals surface area contributed by atoms with Crippen LogP contribution in [-0.4, -0.2) is 8.80 Å². The van der Waals surface area contributed by atoms with Crippen LogP contribution < -0.4 is 13.3 Å². The van der Waals surface area contributed by atoms with Gasteiger partial charge in [0.05, 0.1) is 0 Å². The summed E-state index contributed by atoms with van der Waals surface area (Å²) in [6, 6.07) is 28.4. The van der Waals surface area contributed by atoms with Gasteiger partial charge in [-0.2, -0.15) is 0 Å². The Hall–Kier alpha value is -2.98. The largest absolute Gasteiger partial charge is 0.728 e. The van der Waals surface area contributed by atoms with Crippen molar-refractivity contribution in [3.63, 3.8) is 0 Å². The van der Waals surface area contributed by atoms with Crippen LogP contribution in [0.15, 0.2) is 103 Å². The first-order chi connectivity index (χ1) is 11.8. The van der Waals surface area contributed by atoms with Gasteiger partial charge in [0.25, 0.3) is 0 Å². The van der Waals surface area contributed by atoms with Crippen molar-refractivity contribution in [1.29, 1.82) is 0 Å². The summed E-state index contributed by atoms with van der Waals surface area (Å²) in [7, 11) is -3.23. The van der Waals surface area contributed by atoms with Gasteiger partial charge in [0, 0.05) is 5.70 Å². The molecule has 0 aliphatic carbocycles. The van der Waals surface area contributed by atoms with Gasteiger partial charge in [0.1, 0.15) is 17.2 Å². The normalized spacial score (nSPS) is 10.7. The molecule has 0 aromatic heterocycles. The first-order valence-corrected chi connectivity index (χ1v) is 9.46. The maximum Gasteiger partial charge on any atom is 0.728 e. The number of hydrogen-bond donors (Lipinski definition) is 0. The molecule has 0 fully saturated rings. The minimum absolute atomic E-state index is 0.677. The zero-order valence-electron chi connectivity index (χ0n) is 13.2. The van der Waals surface area contributed by atoms with E-state index in [1.165, 1.54) is 0 Å². The second-order valence-electron chi connectivity index (χ2n) is 5.05. The van der Waals surface area contributed by atoms with Gasteiger partial charge in [-0.25, -0.2) is 0 Å². The molecular weight excluding hydrogens is 316 g/mol. The van der Waals surface area contributed by atoms with Gasteiger partial charge in [-0.1, -0.05) is 61.2 Å². The van der Waals surface area contributed by atoms with E-state index in [-0.39, 0.29) is 0 Å². The molecule has 120 valence electrons. The fraction of sp³-hybridized carbons (Fsp3) is 0. The Balaban J connectivity index is 1.92. The Kier molecular flexibility index (Phi) is 4.98. The van der Waals surface area contributed by atoms with Gasteiger partial charge < -0.3 is 13.3 Å². The van der Waals surface area contributed by atoms with Crippen molar-refractivity contribution in [1.82, 2.24) is 0 Å². The highest BCUT2D eigenvalue weighted by molar-refractivity contribution is 6.68. The molecule has 0 spiro atoms. The molecule has 0 radical (unpaired) electrons. The number of hydrogen-bond acceptors (Lipinski definition) is 3. The van der Waals surface area contributed by atoms with Gasteiger partial charge >= 0.3 is 8.80 Å². The fourth-order valence-corrected chi connectivity index (χ4v) is 3.91. The molecule has 0 atom stereocenters. The minimum atomic E-state index is -3.23. The number of para-hydroxylation sites is 3. The molecule has 0 amide bonds. The maximum absolute atomic E-state index is 6.14. The summed E-state index contributed by atoms with van der Waals surface area (Å²) in [5, 5.41) is 0. The summed E-state index contributed by atoms with van der Waals surface area (Å²) in [6.07, 6.45) is 0. The number of benzene rings is 3. The van der Waals surface area contributed by atoms with Gasteiger partial charge in [-0.05, 0) is 36.4 Å². The van der Waals surface area contributed by atoms with Gasteiger partial charge in [-0.3, -0.25) is 0 Å². The SMILES string of the molecule is C=C[Si](Oc1ccccc1)(Oc1ccccc1)Oc1ccccc1. The smallest absolute Gasteiger partial charge is 0.480 e. The predicted octanol–water partition coefficient (Wildman–Crippen LogP) is 4.89. The molecular formula is C20H18O3Si. The lowest BCUT2D eigenvalue weighted by Gasteiger charge is -2.27. The van der Waals surface area contributed by atoms with E-state index in [9.17, 15) is 0 Å². The van der Waals surface area contributed by atoms with Crippen molar-refractivity contribution < 1.29 is 13.3 Å². The molecule has 0 saturated carbocycles. The molecule has 0 bridgehead atoms. The van der Waals surface area contributed by atoms with Crippen molar-refractivity contribution >= 4 is 8.80 Å². The monoisotopic (exact) mass is 334 g/mol. The molecule has 3 nitrogen and oxygen atoms in total. The molecule has 0 aliphatic heterocycles. The van der Waals surface area contributed by atoms with E-state index in [0.29, 0.717) is 17.2 Å². The van der Waals surface area contributed by atoms with Crippen LogP contribution >= 0.6 is 0 Å². The highest BCUT2D eigenvalue weighted by atomic mass is 28.4. The van der Waals surface area contributed by atoms with Crippen LogP contribution in [0.3, 0.4) is 0 Å². The van der Waals surface area contributed by atoms with Gasteiger partial charge in [0.2, 0.25) is 0 Å². The van der Waals surface area contributed by atoms with E-state index >= 15 is 0 Å². The quantitative estimate of drug-likeness (QED) is 0.576. The van der Waals surface area contributed by atoms with E-state index in [1.54, 1.807) is 5.70 Å². The lowest BCUT2D eigenvalue weighted by atomic mass is 10.3. The standard InChI is InChI=1S/C20H18O3Si/c1-2-24(21-18-12-6-3-7-13-18,22-19-14-8-4-9-15-19)23-20-16-10-5-11-17-20/h2-17H,1H2. The Morgan fingerprint density at radius 1 is 0.542 bits per heavy atom. The minimum Gasteiger partial charge on any atom is -0.480 e. The Morgan fingerprint density at radius 2 is 0.833 bits per heavy atom. The topological polar surface area (TPSA) is 27.7 Å². The third-order valence-corrected chi connectivity index (χ3v) is 5.32. The molecule has 3 aromatic rings. The van der Waals surface area contributed by atoms with Crippen molar-refractivity contribution in [2.45, 2.75) is 0 Å². The van der Waals surface area contributed by atoms with Crippen molar-refractivity contribution in [3.8, 4) is 17.2 Å². The third kappa shape index (κ3) is 4.06. The summed E-state index contributed by atoms with van der Waals surface area (Å²) >= 11 is 0. The highest BCUT2D eigenvalue weighted by Crippen LogP contribution is 2.24. The third-order valence-electron chi connectivity index (χ3n) is 3.26. The summed E-state index contributed by atoms with van der Waals surface area (Å²) in [5.74, 6) is 2.03. The van der Waals surface area contributed by atoms with Crippen molar-refractivity contribution in [2.75, 3.05) is 0 Å². The molecule has 0 saturated heterocycles. The van der Waals surface area contributed by atoms with E-state index in [1.807, 2.05) is 91.0 Å². The molecule has 0 aliphatic rings. The second-order valence-corrected chi connectivity index (χ2v) is 7.28. The van der Waals surface area contributed by atoms with Crippen LogP contribution in [0.25, 0.3) is 0 Å². The van der Waals surface area contributed by atoms with Crippen LogP contribution in [0, 0.1) is 0 Å². The lowest BCUT2D eigenvalue weighted by Crippen LogP contribution is -2.53. The fourth-order valence-electron chi connectivity index (χ4n) is 2.15. The van der Waals surface area contributed by atoms with Gasteiger partial charge in [0.15, 0.2) is 0 Å². The molecule has 0 heterocycles. The summed E-state index contributed by atoms with van der Waals surface area (Å²) in [4.78, 5) is 0. The van der Waals surface area contributed by atoms with Crippen molar-refractivity contribution in [2.24, 2.45) is 0 Å². The van der Waals surface area contributed by atoms with Crippen LogP contribution in [0.1, 0.15) is 0 Å². The molecule has 3 aromatic carbocycles. The first kappa shape index (κ1) is 15.9. The van der Waals surface area contributed by atoms with Crippen molar-refractivity contribution in [3.05, 3.63) is 103 Å². The summed E-state index contributed by atoms with van der Waals surface area (Å²) in [5.41, 5.74) is 1.64. The zero-order chi connectivity index (χ0) is 16.7. The lowest BCUT2D eigenvalue weighted by molar-refractivity contribution is 0.279. The predicted molar refractivity (Wildman–Crippen MR) is 97.2 cm³/mol. The zero-order valence-corrected chi connectivity index (χ0v) is 14.2. The molecule has 24 heavy (non-hydrogen) atoms. The van der Waals surface area contributed by atoms with Crippen LogP contribution in [0.4, 0.5) is 0 Å². The Bertz CT molecular complexity index is 659. The average Bonchev–Trinajstić information content (AvgIpc) is 2.64. The summed E-state index contributed by atoms with van der Waals surface area (Å²) < 4.78 is 18.4. The van der Waals surface area contributed by atoms with Crippen LogP contribution in [-0.2, 0) is 0 Å². The van der Waals surface area contributed by atoms with Gasteiger partial charge in [-0.15, -0.1) is 0 Å². The number of rotatable bonds is 7. The average molecular weight is 334 g/mol. The Morgan fingerprint density at radius 3 is 1.08 bits per heavy atom. The molecule has 0 N–H and O–H groups in total. The van der Waals surface area contributed by atoms with Crippen LogP contribution in [0.2, 0.25) is 0 Å². The molecule has 0 unspecified atom stereocenters. The molecule has 3 rings (SSSR count). The first-order valence-electron chi connectivity index (χ1n) is 7.65. The highest BCUT2D eigenvalue weighted by Gasteiger charge is 2.46. The summed E-state index contributed by atoms with van der Waals surface area (Å²) in [6.45, 7) is 3.91.